The lowest BCUT2D eigenvalue weighted by molar-refractivity contribution is -0.202. The third-order valence-electron chi connectivity index (χ3n) is 4.03. The fraction of sp³-hybridized carbons (Fsp3) is 0.333. The van der Waals surface area contributed by atoms with Gasteiger partial charge in [-0.3, -0.25) is 9.59 Å². The first-order valence-electron chi connectivity index (χ1n) is 7.57. The van der Waals surface area contributed by atoms with E-state index in [9.17, 15) is 24.3 Å². The average Bonchev–Trinajstić information content (AvgIpc) is 3.11. The third-order valence-corrected chi connectivity index (χ3v) is 6.09. The van der Waals surface area contributed by atoms with Crippen LogP contribution in [-0.4, -0.2) is 58.1 Å². The Bertz CT molecular complexity index is 825. The first-order valence-corrected chi connectivity index (χ1v) is 9.39. The number of rotatable bonds is 6. The van der Waals surface area contributed by atoms with Crippen LogP contribution in [-0.2, 0) is 30.3 Å². The lowest BCUT2D eigenvalue weighted by Crippen LogP contribution is -2.83. The number of carbonyl (C=O) groups excluding carboxylic acids is 3. The molecule has 12 heteroatoms. The van der Waals surface area contributed by atoms with Crippen molar-refractivity contribution in [1.29, 1.82) is 0 Å². The standard InChI is InChI=1S/C15H15N3O7S2/c1-24-15(17-9(19)5-7-3-2-4-26-7)12(22)18-10(11(20)21)8(25-14(16)23)6-27-13(15)18/h2-4,6,10,13H,5H2,1H3,(H2,16,23)(H,17,19)(H,20,21)/t10?,13-,15?/m0/s1. The van der Waals surface area contributed by atoms with Gasteiger partial charge >= 0.3 is 12.1 Å². The van der Waals surface area contributed by atoms with Crippen molar-refractivity contribution in [3.8, 4) is 0 Å². The molecule has 0 aromatic carbocycles. The number of carboxylic acids is 1. The summed E-state index contributed by atoms with van der Waals surface area (Å²) >= 11 is 2.37. The van der Waals surface area contributed by atoms with Crippen LogP contribution in [0.25, 0.3) is 0 Å². The summed E-state index contributed by atoms with van der Waals surface area (Å²) in [6, 6.07) is 2.04. The topological polar surface area (TPSA) is 148 Å². The maximum Gasteiger partial charge on any atom is 0.409 e. The minimum absolute atomic E-state index is 0.0572. The van der Waals surface area contributed by atoms with Gasteiger partial charge in [-0.1, -0.05) is 17.8 Å². The van der Waals surface area contributed by atoms with E-state index in [1.165, 1.54) is 23.9 Å². The minimum Gasteiger partial charge on any atom is -0.479 e. The van der Waals surface area contributed by atoms with Gasteiger partial charge in [0.05, 0.1) is 6.42 Å². The highest BCUT2D eigenvalue weighted by atomic mass is 32.2. The number of nitrogens with zero attached hydrogens (tertiary/aromatic N) is 1. The molecule has 1 aromatic rings. The highest BCUT2D eigenvalue weighted by Crippen LogP contribution is 2.46. The number of thioether (sulfide) groups is 1. The Kier molecular flexibility index (Phi) is 5.13. The van der Waals surface area contributed by atoms with Crippen molar-refractivity contribution in [2.24, 2.45) is 5.73 Å². The second kappa shape index (κ2) is 7.21. The van der Waals surface area contributed by atoms with Gasteiger partial charge in [-0.25, -0.2) is 9.59 Å². The lowest BCUT2D eigenvalue weighted by Gasteiger charge is -2.56. The Morgan fingerprint density at radius 2 is 2.19 bits per heavy atom. The molecule has 2 aliphatic heterocycles. The molecule has 2 aliphatic rings. The van der Waals surface area contributed by atoms with Crippen LogP contribution in [0.4, 0.5) is 4.79 Å². The number of methoxy groups -OCH3 is 1. The Labute approximate surface area is 161 Å². The quantitative estimate of drug-likeness (QED) is 0.438. The van der Waals surface area contributed by atoms with E-state index in [-0.39, 0.29) is 12.2 Å². The highest BCUT2D eigenvalue weighted by molar-refractivity contribution is 8.03. The van der Waals surface area contributed by atoms with Crippen LogP contribution in [0.2, 0.25) is 0 Å². The second-order valence-electron chi connectivity index (χ2n) is 5.63. The Morgan fingerprint density at radius 1 is 1.44 bits per heavy atom. The maximum absolute atomic E-state index is 12.7. The van der Waals surface area contributed by atoms with Gasteiger partial charge in [0.2, 0.25) is 5.91 Å². The largest absolute Gasteiger partial charge is 0.479 e. The fourth-order valence-electron chi connectivity index (χ4n) is 2.89. The Morgan fingerprint density at radius 3 is 2.74 bits per heavy atom. The first kappa shape index (κ1) is 19.2. The smallest absolute Gasteiger partial charge is 0.409 e. The van der Waals surface area contributed by atoms with Crippen LogP contribution in [0.3, 0.4) is 0 Å². The maximum atomic E-state index is 12.7. The molecule has 1 aromatic heterocycles. The zero-order valence-electron chi connectivity index (χ0n) is 13.9. The monoisotopic (exact) mass is 413 g/mol. The summed E-state index contributed by atoms with van der Waals surface area (Å²) < 4.78 is 9.99. The number of ether oxygens (including phenoxy) is 2. The Balaban J connectivity index is 1.82. The van der Waals surface area contributed by atoms with Gasteiger partial charge in [0.15, 0.2) is 6.04 Å². The second-order valence-corrected chi connectivity index (χ2v) is 7.61. The number of aliphatic carboxylic acids is 1. The predicted molar refractivity (Wildman–Crippen MR) is 94.3 cm³/mol. The van der Waals surface area contributed by atoms with E-state index in [0.717, 1.165) is 21.5 Å². The number of carboxylic acid groups (broad SMARTS) is 1. The number of nitrogens with two attached hydrogens (primary N) is 1. The Hall–Kier alpha value is -2.57. The van der Waals surface area contributed by atoms with Crippen molar-refractivity contribution >= 4 is 47.0 Å². The molecule has 10 nitrogen and oxygen atoms in total. The number of primary amides is 1. The summed E-state index contributed by atoms with van der Waals surface area (Å²) in [6.07, 6.45) is -1.14. The van der Waals surface area contributed by atoms with Crippen molar-refractivity contribution in [2.45, 2.75) is 23.6 Å². The van der Waals surface area contributed by atoms with E-state index in [1.807, 2.05) is 5.38 Å². The number of fused-ring (bicyclic) bond motifs is 1. The van der Waals surface area contributed by atoms with E-state index in [1.54, 1.807) is 12.1 Å². The molecule has 1 fully saturated rings. The van der Waals surface area contributed by atoms with Crippen molar-refractivity contribution in [1.82, 2.24) is 10.2 Å². The molecule has 0 spiro atoms. The van der Waals surface area contributed by atoms with Crippen molar-refractivity contribution in [2.75, 3.05) is 7.11 Å². The summed E-state index contributed by atoms with van der Waals surface area (Å²) in [6.45, 7) is 0. The zero-order valence-corrected chi connectivity index (χ0v) is 15.5. The normalized spacial score (nSPS) is 26.5. The molecule has 3 heterocycles. The van der Waals surface area contributed by atoms with Gasteiger partial charge in [-0.05, 0) is 11.4 Å². The molecule has 3 rings (SSSR count). The first-order chi connectivity index (χ1) is 12.8. The van der Waals surface area contributed by atoms with Gasteiger partial charge < -0.3 is 30.5 Å². The molecule has 144 valence electrons. The van der Waals surface area contributed by atoms with Crippen LogP contribution >= 0.6 is 23.1 Å². The van der Waals surface area contributed by atoms with Crippen molar-refractivity contribution < 1.29 is 33.8 Å². The van der Waals surface area contributed by atoms with Crippen LogP contribution in [0, 0.1) is 0 Å². The predicted octanol–water partition coefficient (Wildman–Crippen LogP) is 0.0545. The molecule has 27 heavy (non-hydrogen) atoms. The lowest BCUT2D eigenvalue weighted by atomic mass is 9.97. The molecular weight excluding hydrogens is 398 g/mol. The molecule has 2 unspecified atom stereocenters. The van der Waals surface area contributed by atoms with Gasteiger partial charge in [0, 0.05) is 17.4 Å². The summed E-state index contributed by atoms with van der Waals surface area (Å²) in [5.41, 5.74) is 3.23. The number of amides is 3. The molecule has 0 saturated carbocycles. The third kappa shape index (κ3) is 3.26. The average molecular weight is 413 g/mol. The zero-order chi connectivity index (χ0) is 19.8. The van der Waals surface area contributed by atoms with Crippen molar-refractivity contribution in [3.05, 3.63) is 33.6 Å². The highest BCUT2D eigenvalue weighted by Gasteiger charge is 2.68. The molecule has 3 atom stereocenters. The molecule has 4 N–H and O–H groups in total. The van der Waals surface area contributed by atoms with E-state index in [4.69, 9.17) is 15.2 Å². The summed E-state index contributed by atoms with van der Waals surface area (Å²) in [7, 11) is 1.25. The van der Waals surface area contributed by atoms with E-state index >= 15 is 0 Å². The molecule has 0 bridgehead atoms. The minimum atomic E-state index is -1.71. The summed E-state index contributed by atoms with van der Waals surface area (Å²) in [4.78, 5) is 49.5. The summed E-state index contributed by atoms with van der Waals surface area (Å²) in [5.74, 6) is -2.88. The van der Waals surface area contributed by atoms with E-state index in [0.29, 0.717) is 0 Å². The SMILES string of the molecule is COC1(NC(=O)Cc2cccs2)C(=O)N2C(C(=O)O)C(OC(N)=O)=CS[C@H]21. The molecular formula is C15H15N3O7S2. The molecule has 0 radical (unpaired) electrons. The number of carbonyl (C=O) groups is 4. The molecule has 1 saturated heterocycles. The van der Waals surface area contributed by atoms with E-state index in [2.05, 4.69) is 5.32 Å². The molecule has 3 amide bonds. The van der Waals surface area contributed by atoms with Gasteiger partial charge in [-0.2, -0.15) is 0 Å². The number of nitrogens with one attached hydrogen (secondary N) is 1. The fourth-order valence-corrected chi connectivity index (χ4v) is 4.83. The molecule has 0 aliphatic carbocycles. The number of hydrogen-bond acceptors (Lipinski definition) is 8. The van der Waals surface area contributed by atoms with E-state index < -0.39 is 41.0 Å². The van der Waals surface area contributed by atoms with Crippen LogP contribution in [0.15, 0.2) is 28.7 Å². The van der Waals surface area contributed by atoms with Gasteiger partial charge in [-0.15, -0.1) is 11.3 Å². The van der Waals surface area contributed by atoms with Crippen LogP contribution < -0.4 is 11.1 Å². The number of thiophene rings is 1. The van der Waals surface area contributed by atoms with Gasteiger partial charge in [0.25, 0.3) is 11.6 Å². The van der Waals surface area contributed by atoms with Crippen LogP contribution in [0.5, 0.6) is 0 Å². The van der Waals surface area contributed by atoms with Gasteiger partial charge in [0.1, 0.15) is 11.1 Å². The number of β-lactam (4-membered cyclic amide) rings is 1. The number of hydrogen-bond donors (Lipinski definition) is 3. The summed E-state index contributed by atoms with van der Waals surface area (Å²) in [5, 5.41) is 14.3. The van der Waals surface area contributed by atoms with Crippen LogP contribution in [0.1, 0.15) is 4.88 Å². The van der Waals surface area contributed by atoms with Crippen molar-refractivity contribution in [3.63, 3.8) is 0 Å².